The van der Waals surface area contributed by atoms with Crippen molar-refractivity contribution < 1.29 is 9.53 Å². The van der Waals surface area contributed by atoms with Crippen LogP contribution in [0.5, 0.6) is 0 Å². The summed E-state index contributed by atoms with van der Waals surface area (Å²) in [5.41, 5.74) is -0.0595. The number of aliphatic hydroxyl groups is 1. The zero-order chi connectivity index (χ0) is 19.8. The fourth-order valence-corrected chi connectivity index (χ4v) is 10.2. The van der Waals surface area contributed by atoms with E-state index in [4.69, 9.17) is 4.43 Å². The lowest BCUT2D eigenvalue weighted by Gasteiger charge is -2.44. The van der Waals surface area contributed by atoms with Crippen molar-refractivity contribution >= 4 is 18.7 Å². The third-order valence-electron chi connectivity index (χ3n) is 6.83. The van der Waals surface area contributed by atoms with Crippen LogP contribution in [0.2, 0.25) is 5.04 Å². The van der Waals surface area contributed by atoms with E-state index in [0.29, 0.717) is 0 Å². The minimum absolute atomic E-state index is 0.00484. The van der Waals surface area contributed by atoms with Gasteiger partial charge in [-0.05, 0) is 41.2 Å². The van der Waals surface area contributed by atoms with Crippen LogP contribution >= 0.6 is 0 Å². The van der Waals surface area contributed by atoms with Gasteiger partial charge < -0.3 is 9.53 Å². The predicted molar refractivity (Wildman–Crippen MR) is 118 cm³/mol. The zero-order valence-corrected chi connectivity index (χ0v) is 18.4. The van der Waals surface area contributed by atoms with Crippen LogP contribution in [-0.2, 0) is 4.43 Å². The average molecular weight is 396 g/mol. The maximum absolute atomic E-state index is 10.2. The van der Waals surface area contributed by atoms with Crippen LogP contribution in [0.15, 0.2) is 60.7 Å². The van der Waals surface area contributed by atoms with Crippen molar-refractivity contribution in [1.29, 1.82) is 0 Å². The minimum atomic E-state index is -2.52. The molecule has 0 unspecified atom stereocenters. The molecule has 4 heteroatoms. The van der Waals surface area contributed by atoms with E-state index in [9.17, 15) is 5.11 Å². The van der Waals surface area contributed by atoms with Crippen molar-refractivity contribution in [1.82, 2.24) is 4.90 Å². The molecule has 0 aliphatic carbocycles. The Morgan fingerprint density at radius 2 is 1.61 bits per heavy atom. The SMILES string of the molecule is CC(C)(C)[Si](O[C@@H]1CN2CCC[C@]2(CO)C1)(c1ccccc1)c1ccccc1. The summed E-state index contributed by atoms with van der Waals surface area (Å²) in [5, 5.41) is 12.8. The van der Waals surface area contributed by atoms with Crippen molar-refractivity contribution in [2.45, 2.75) is 56.7 Å². The Bertz CT molecular complexity index is 750. The molecule has 4 rings (SSSR count). The molecule has 2 aliphatic heterocycles. The number of fused-ring (bicyclic) bond motifs is 1. The monoisotopic (exact) mass is 395 g/mol. The Labute approximate surface area is 170 Å². The summed E-state index contributed by atoms with van der Waals surface area (Å²) in [6.07, 6.45) is 3.38. The molecule has 0 radical (unpaired) electrons. The Morgan fingerprint density at radius 3 is 2.07 bits per heavy atom. The Balaban J connectivity index is 1.78. The molecule has 0 amide bonds. The molecule has 2 aromatic rings. The van der Waals surface area contributed by atoms with E-state index in [2.05, 4.69) is 86.3 Å². The molecule has 2 saturated heterocycles. The molecule has 2 atom stereocenters. The molecule has 2 aromatic carbocycles. The zero-order valence-electron chi connectivity index (χ0n) is 17.4. The summed E-state index contributed by atoms with van der Waals surface area (Å²) in [6.45, 7) is 9.26. The fourth-order valence-electron chi connectivity index (χ4n) is 5.51. The van der Waals surface area contributed by atoms with Crippen LogP contribution in [0, 0.1) is 0 Å². The highest BCUT2D eigenvalue weighted by atomic mass is 28.4. The second kappa shape index (κ2) is 7.41. The Hall–Kier alpha value is -1.46. The second-order valence-corrected chi connectivity index (χ2v) is 13.8. The normalized spacial score (nSPS) is 25.8. The maximum Gasteiger partial charge on any atom is 0.261 e. The third-order valence-corrected chi connectivity index (χ3v) is 11.9. The van der Waals surface area contributed by atoms with E-state index in [-0.39, 0.29) is 23.3 Å². The lowest BCUT2D eigenvalue weighted by molar-refractivity contribution is 0.0992. The first-order valence-corrected chi connectivity index (χ1v) is 12.5. The van der Waals surface area contributed by atoms with Crippen molar-refractivity contribution in [2.75, 3.05) is 19.7 Å². The van der Waals surface area contributed by atoms with Gasteiger partial charge in [0, 0.05) is 12.1 Å². The van der Waals surface area contributed by atoms with Crippen LogP contribution in [0.25, 0.3) is 0 Å². The van der Waals surface area contributed by atoms with Gasteiger partial charge in [0.25, 0.3) is 8.32 Å². The van der Waals surface area contributed by atoms with E-state index in [1.165, 1.54) is 16.8 Å². The quantitative estimate of drug-likeness (QED) is 0.790. The van der Waals surface area contributed by atoms with E-state index < -0.39 is 8.32 Å². The number of aliphatic hydroxyl groups excluding tert-OH is 1. The van der Waals surface area contributed by atoms with Gasteiger partial charge in [-0.2, -0.15) is 0 Å². The van der Waals surface area contributed by atoms with Gasteiger partial charge in [-0.15, -0.1) is 0 Å². The second-order valence-electron chi connectivity index (χ2n) is 9.54. The summed E-state index contributed by atoms with van der Waals surface area (Å²) in [6, 6.07) is 21.7. The first-order valence-electron chi connectivity index (χ1n) is 10.6. The van der Waals surface area contributed by atoms with Crippen molar-refractivity contribution in [2.24, 2.45) is 0 Å². The van der Waals surface area contributed by atoms with E-state index >= 15 is 0 Å². The molecule has 0 saturated carbocycles. The summed E-state index contributed by atoms with van der Waals surface area (Å²) < 4.78 is 7.28. The molecule has 3 nitrogen and oxygen atoms in total. The Kier molecular flexibility index (Phi) is 5.25. The smallest absolute Gasteiger partial charge is 0.261 e. The fraction of sp³-hybridized carbons (Fsp3) is 0.500. The number of hydrogen-bond acceptors (Lipinski definition) is 3. The van der Waals surface area contributed by atoms with Crippen molar-refractivity contribution in [3.63, 3.8) is 0 Å². The molecule has 2 aliphatic rings. The van der Waals surface area contributed by atoms with Crippen LogP contribution < -0.4 is 10.4 Å². The van der Waals surface area contributed by atoms with Gasteiger partial charge in [0.1, 0.15) is 0 Å². The molecule has 0 aromatic heterocycles. The number of nitrogens with zero attached hydrogens (tertiary/aromatic N) is 1. The summed E-state index contributed by atoms with van der Waals surface area (Å²) in [4.78, 5) is 2.48. The summed E-state index contributed by atoms with van der Waals surface area (Å²) in [5.74, 6) is 0. The van der Waals surface area contributed by atoms with Gasteiger partial charge in [-0.3, -0.25) is 4.90 Å². The predicted octanol–water partition coefficient (Wildman–Crippen LogP) is 3.16. The lowest BCUT2D eigenvalue weighted by atomic mass is 9.95. The van der Waals surface area contributed by atoms with Crippen molar-refractivity contribution in [3.8, 4) is 0 Å². The first kappa shape index (κ1) is 19.8. The third kappa shape index (κ3) is 3.16. The molecule has 150 valence electrons. The van der Waals surface area contributed by atoms with Crippen LogP contribution in [-0.4, -0.2) is 49.7 Å². The van der Waals surface area contributed by atoms with Gasteiger partial charge in [-0.1, -0.05) is 81.4 Å². The van der Waals surface area contributed by atoms with Gasteiger partial charge in [-0.25, -0.2) is 0 Å². The van der Waals surface area contributed by atoms with Gasteiger partial charge >= 0.3 is 0 Å². The average Bonchev–Trinajstić information content (AvgIpc) is 3.23. The van der Waals surface area contributed by atoms with E-state index in [1.54, 1.807) is 0 Å². The molecule has 2 heterocycles. The summed E-state index contributed by atoms with van der Waals surface area (Å²) >= 11 is 0. The molecule has 1 N–H and O–H groups in total. The minimum Gasteiger partial charge on any atom is -0.403 e. The number of benzene rings is 2. The van der Waals surface area contributed by atoms with Crippen LogP contribution in [0.1, 0.15) is 40.0 Å². The van der Waals surface area contributed by atoms with Gasteiger partial charge in [0.2, 0.25) is 0 Å². The Morgan fingerprint density at radius 1 is 1.04 bits per heavy atom. The lowest BCUT2D eigenvalue weighted by Crippen LogP contribution is -2.67. The molecule has 28 heavy (non-hydrogen) atoms. The molecular weight excluding hydrogens is 362 g/mol. The highest BCUT2D eigenvalue weighted by Gasteiger charge is 2.55. The van der Waals surface area contributed by atoms with E-state index in [1.807, 2.05) is 0 Å². The molecule has 0 spiro atoms. The van der Waals surface area contributed by atoms with Gasteiger partial charge in [0.05, 0.1) is 12.7 Å². The van der Waals surface area contributed by atoms with Gasteiger partial charge in [0.15, 0.2) is 0 Å². The largest absolute Gasteiger partial charge is 0.403 e. The van der Waals surface area contributed by atoms with Crippen LogP contribution in [0.3, 0.4) is 0 Å². The summed E-state index contributed by atoms with van der Waals surface area (Å²) in [7, 11) is -2.52. The molecule has 0 bridgehead atoms. The number of hydrogen-bond donors (Lipinski definition) is 1. The first-order chi connectivity index (χ1) is 13.4. The molecule has 2 fully saturated rings. The standard InChI is InChI=1S/C24H33NO2Si/c1-23(2,3)28(21-11-6-4-7-12-21,22-13-8-5-9-14-22)27-20-17-24(19-26)15-10-16-25(24)18-20/h4-9,11-14,20,26H,10,15-19H2,1-3H3/t20-,24+/m0/s1. The maximum atomic E-state index is 10.2. The topological polar surface area (TPSA) is 32.7 Å². The molecular formula is C24H33NO2Si. The number of rotatable bonds is 5. The van der Waals surface area contributed by atoms with E-state index in [0.717, 1.165) is 25.9 Å². The highest BCUT2D eigenvalue weighted by Crippen LogP contribution is 2.43. The van der Waals surface area contributed by atoms with Crippen molar-refractivity contribution in [3.05, 3.63) is 60.7 Å². The highest BCUT2D eigenvalue weighted by molar-refractivity contribution is 6.99. The van der Waals surface area contributed by atoms with Crippen LogP contribution in [0.4, 0.5) is 0 Å².